The summed E-state index contributed by atoms with van der Waals surface area (Å²) in [5.74, 6) is 0.603. The molecule has 3 nitrogen and oxygen atoms in total. The number of benzene rings is 1. The molecule has 3 heteroatoms. The number of anilines is 1. The van der Waals surface area contributed by atoms with Gasteiger partial charge in [-0.15, -0.1) is 0 Å². The minimum absolute atomic E-state index is 0.265. The van der Waals surface area contributed by atoms with E-state index < -0.39 is 0 Å². The van der Waals surface area contributed by atoms with Gasteiger partial charge in [0.25, 0.3) is 0 Å². The minimum atomic E-state index is 0.265. The molecule has 1 aromatic rings. The van der Waals surface area contributed by atoms with Gasteiger partial charge in [-0.05, 0) is 49.8 Å². The smallest absolute Gasteiger partial charge is 0.225 e. The van der Waals surface area contributed by atoms with Crippen LogP contribution < -0.4 is 4.90 Å². The van der Waals surface area contributed by atoms with Crippen LogP contribution in [0.1, 0.15) is 56.9 Å². The Labute approximate surface area is 140 Å². The molecule has 1 heterocycles. The third kappa shape index (κ3) is 4.27. The molecule has 0 aromatic heterocycles. The number of nitrogens with zero attached hydrogens (tertiary/aromatic N) is 2. The summed E-state index contributed by atoms with van der Waals surface area (Å²) >= 11 is 0. The molecular formula is C20H30N2O. The molecule has 1 aliphatic carbocycles. The van der Waals surface area contributed by atoms with Crippen molar-refractivity contribution in [3.8, 4) is 0 Å². The average molecular weight is 314 g/mol. The molecule has 3 rings (SSSR count). The van der Waals surface area contributed by atoms with Crippen molar-refractivity contribution in [2.75, 3.05) is 25.0 Å². The Bertz CT molecular complexity index is 499. The minimum Gasteiger partial charge on any atom is -0.372 e. The Balaban J connectivity index is 1.55. The molecule has 0 N–H and O–H groups in total. The fraction of sp³-hybridized carbons (Fsp3) is 0.650. The SMILES string of the molecule is CN(Cc1ccc(N2CCCCC2)cc1)C(=O)C1CCCCC1. The van der Waals surface area contributed by atoms with Crippen LogP contribution in [0.5, 0.6) is 0 Å². The highest BCUT2D eigenvalue weighted by Gasteiger charge is 2.24. The van der Waals surface area contributed by atoms with E-state index >= 15 is 0 Å². The molecule has 2 aliphatic rings. The molecule has 1 saturated heterocycles. The number of hydrogen-bond donors (Lipinski definition) is 0. The summed E-state index contributed by atoms with van der Waals surface area (Å²) in [5, 5.41) is 0. The van der Waals surface area contributed by atoms with E-state index in [1.807, 2.05) is 11.9 Å². The van der Waals surface area contributed by atoms with Gasteiger partial charge in [0.15, 0.2) is 0 Å². The zero-order valence-electron chi connectivity index (χ0n) is 14.5. The fourth-order valence-corrected chi connectivity index (χ4v) is 3.98. The van der Waals surface area contributed by atoms with Gasteiger partial charge in [-0.3, -0.25) is 4.79 Å². The molecule has 0 spiro atoms. The number of hydrogen-bond acceptors (Lipinski definition) is 2. The highest BCUT2D eigenvalue weighted by Crippen LogP contribution is 2.26. The van der Waals surface area contributed by atoms with Crippen LogP contribution in [0, 0.1) is 5.92 Å². The van der Waals surface area contributed by atoms with Gasteiger partial charge in [0.2, 0.25) is 5.91 Å². The van der Waals surface area contributed by atoms with Crippen molar-refractivity contribution in [2.24, 2.45) is 5.92 Å². The summed E-state index contributed by atoms with van der Waals surface area (Å²) in [5.41, 5.74) is 2.56. The summed E-state index contributed by atoms with van der Waals surface area (Å²) in [6.07, 6.45) is 9.87. The second-order valence-electron chi connectivity index (χ2n) is 7.24. The van der Waals surface area contributed by atoms with E-state index in [1.165, 1.54) is 62.9 Å². The lowest BCUT2D eigenvalue weighted by molar-refractivity contribution is -0.135. The van der Waals surface area contributed by atoms with E-state index in [2.05, 4.69) is 29.2 Å². The number of amides is 1. The molecule has 2 fully saturated rings. The molecule has 126 valence electrons. The van der Waals surface area contributed by atoms with Crippen molar-refractivity contribution in [1.29, 1.82) is 0 Å². The van der Waals surface area contributed by atoms with Gasteiger partial charge in [0.1, 0.15) is 0 Å². The first-order valence-corrected chi connectivity index (χ1v) is 9.33. The van der Waals surface area contributed by atoms with E-state index in [-0.39, 0.29) is 5.92 Å². The van der Waals surface area contributed by atoms with Crippen LogP contribution in [-0.2, 0) is 11.3 Å². The van der Waals surface area contributed by atoms with E-state index in [0.717, 1.165) is 19.4 Å². The van der Waals surface area contributed by atoms with Gasteiger partial charge >= 0.3 is 0 Å². The summed E-state index contributed by atoms with van der Waals surface area (Å²) in [4.78, 5) is 16.9. The van der Waals surface area contributed by atoms with Crippen LogP contribution in [0.2, 0.25) is 0 Å². The lowest BCUT2D eigenvalue weighted by atomic mass is 9.88. The third-order valence-electron chi connectivity index (χ3n) is 5.41. The molecule has 0 radical (unpaired) electrons. The van der Waals surface area contributed by atoms with E-state index in [9.17, 15) is 4.79 Å². The normalized spacial score (nSPS) is 19.6. The van der Waals surface area contributed by atoms with Crippen LogP contribution in [0.4, 0.5) is 5.69 Å². The van der Waals surface area contributed by atoms with Crippen LogP contribution in [0.25, 0.3) is 0 Å². The van der Waals surface area contributed by atoms with Crippen LogP contribution >= 0.6 is 0 Å². The predicted molar refractivity (Wildman–Crippen MR) is 95.6 cm³/mol. The van der Waals surface area contributed by atoms with Gasteiger partial charge < -0.3 is 9.80 Å². The van der Waals surface area contributed by atoms with Gasteiger partial charge in [0, 0.05) is 38.3 Å². The summed E-state index contributed by atoms with van der Waals surface area (Å²) in [6.45, 7) is 3.09. The third-order valence-corrected chi connectivity index (χ3v) is 5.41. The first-order valence-electron chi connectivity index (χ1n) is 9.33. The zero-order chi connectivity index (χ0) is 16.1. The van der Waals surface area contributed by atoms with Crippen molar-refractivity contribution in [3.63, 3.8) is 0 Å². The molecule has 1 saturated carbocycles. The maximum atomic E-state index is 12.5. The lowest BCUT2D eigenvalue weighted by Crippen LogP contribution is -2.33. The lowest BCUT2D eigenvalue weighted by Gasteiger charge is -2.29. The number of piperidine rings is 1. The molecule has 1 amide bonds. The molecule has 23 heavy (non-hydrogen) atoms. The number of rotatable bonds is 4. The molecule has 1 aromatic carbocycles. The monoisotopic (exact) mass is 314 g/mol. The first kappa shape index (κ1) is 16.4. The quantitative estimate of drug-likeness (QED) is 0.831. The topological polar surface area (TPSA) is 23.6 Å². The highest BCUT2D eigenvalue weighted by molar-refractivity contribution is 5.78. The Morgan fingerprint density at radius 2 is 1.61 bits per heavy atom. The molecule has 0 unspecified atom stereocenters. The van der Waals surface area contributed by atoms with E-state index in [0.29, 0.717) is 5.91 Å². The van der Waals surface area contributed by atoms with Gasteiger partial charge in [0.05, 0.1) is 0 Å². The zero-order valence-corrected chi connectivity index (χ0v) is 14.5. The van der Waals surface area contributed by atoms with E-state index in [1.54, 1.807) is 0 Å². The largest absolute Gasteiger partial charge is 0.372 e. The van der Waals surface area contributed by atoms with Crippen molar-refractivity contribution in [1.82, 2.24) is 4.90 Å². The van der Waals surface area contributed by atoms with Gasteiger partial charge in [-0.1, -0.05) is 31.4 Å². The van der Waals surface area contributed by atoms with Crippen molar-refractivity contribution in [3.05, 3.63) is 29.8 Å². The van der Waals surface area contributed by atoms with E-state index in [4.69, 9.17) is 0 Å². The van der Waals surface area contributed by atoms with Crippen LogP contribution in [0.15, 0.2) is 24.3 Å². The second-order valence-corrected chi connectivity index (χ2v) is 7.24. The average Bonchev–Trinajstić information content (AvgIpc) is 2.63. The summed E-state index contributed by atoms with van der Waals surface area (Å²) in [7, 11) is 1.95. The standard InChI is InChI=1S/C20H30N2O/c1-21(20(23)18-8-4-2-5-9-18)16-17-10-12-19(13-11-17)22-14-6-3-7-15-22/h10-13,18H,2-9,14-16H2,1H3. The van der Waals surface area contributed by atoms with Crippen molar-refractivity contribution in [2.45, 2.75) is 57.9 Å². The molecule has 1 aliphatic heterocycles. The van der Waals surface area contributed by atoms with Crippen LogP contribution in [0.3, 0.4) is 0 Å². The molecule has 0 atom stereocenters. The maximum Gasteiger partial charge on any atom is 0.225 e. The van der Waals surface area contributed by atoms with Gasteiger partial charge in [-0.2, -0.15) is 0 Å². The predicted octanol–water partition coefficient (Wildman–Crippen LogP) is 4.22. The maximum absolute atomic E-state index is 12.5. The Morgan fingerprint density at radius 3 is 2.26 bits per heavy atom. The number of carbonyl (C=O) groups is 1. The number of carbonyl (C=O) groups excluding carboxylic acids is 1. The molecule has 0 bridgehead atoms. The van der Waals surface area contributed by atoms with Crippen molar-refractivity contribution >= 4 is 11.6 Å². The second kappa shape index (κ2) is 7.85. The fourth-order valence-electron chi connectivity index (χ4n) is 3.98. The van der Waals surface area contributed by atoms with Crippen molar-refractivity contribution < 1.29 is 4.79 Å². The summed E-state index contributed by atoms with van der Waals surface area (Å²) in [6, 6.07) is 8.82. The van der Waals surface area contributed by atoms with Gasteiger partial charge in [-0.25, -0.2) is 0 Å². The molecular weight excluding hydrogens is 284 g/mol. The Hall–Kier alpha value is -1.51. The summed E-state index contributed by atoms with van der Waals surface area (Å²) < 4.78 is 0. The Morgan fingerprint density at radius 1 is 1.00 bits per heavy atom. The van der Waals surface area contributed by atoms with Crippen LogP contribution in [-0.4, -0.2) is 30.9 Å². The Kier molecular flexibility index (Phi) is 5.58. The first-order chi connectivity index (χ1) is 11.2. The highest BCUT2D eigenvalue weighted by atomic mass is 16.2.